The number of benzene rings is 3. The fourth-order valence-electron chi connectivity index (χ4n) is 9.64. The standard InChI is InChI=1S/C50H57Cl2N9O8S/c1-50(2,35-26-33(30-53)45(41(52)27-35)68-25-16-51)34-6-9-38(10-7-34)69-31-36-28-42(55-49(54-36)57-70(3,66)67)32-14-19-58(20-15-32)17-4-5-18-59-21-23-60(24-22-59)37-8-11-39-40(29-37)48(65)61(47(39)64)43-12-13-44(62)56-46(43)63/h6-11,26-29,32,43H,4-5,12-25,31H2,1-3H3,(H,54,55,57)(H,56,62,63). The highest BCUT2D eigenvalue weighted by atomic mass is 35.5. The zero-order valence-electron chi connectivity index (χ0n) is 39.5. The van der Waals surface area contributed by atoms with Gasteiger partial charge in [0.2, 0.25) is 27.8 Å². The smallest absolute Gasteiger partial charge is 0.262 e. The average Bonchev–Trinajstić information content (AvgIpc) is 3.58. The number of ether oxygens (including phenoxy) is 2. The summed E-state index contributed by atoms with van der Waals surface area (Å²) in [4.78, 5) is 67.9. The van der Waals surface area contributed by atoms with Crippen molar-refractivity contribution < 1.29 is 37.1 Å². The van der Waals surface area contributed by atoms with Gasteiger partial charge in [-0.25, -0.2) is 18.4 Å². The number of amides is 4. The molecule has 20 heteroatoms. The monoisotopic (exact) mass is 1010 g/mol. The summed E-state index contributed by atoms with van der Waals surface area (Å²) in [6.07, 6.45) is 5.13. The molecule has 5 heterocycles. The van der Waals surface area contributed by atoms with E-state index in [9.17, 15) is 32.9 Å². The number of piperidine rings is 2. The van der Waals surface area contributed by atoms with Gasteiger partial charge in [-0.2, -0.15) is 5.26 Å². The lowest BCUT2D eigenvalue weighted by atomic mass is 9.77. The maximum absolute atomic E-state index is 13.4. The SMILES string of the molecule is CC(C)(c1ccc(OCc2cc(C3CCN(CCCCN4CCN(c5ccc6c(c5)C(=O)N(C5CCC(=O)NC5=O)C6=O)CC4)CC3)nc(NS(C)(=O)=O)n2)cc1)c1cc(Cl)c(OCCCl)c(C#N)c1. The quantitative estimate of drug-likeness (QED) is 0.0659. The van der Waals surface area contributed by atoms with E-state index in [4.69, 9.17) is 32.7 Å². The molecule has 1 atom stereocenters. The van der Waals surface area contributed by atoms with Gasteiger partial charge in [0.15, 0.2) is 5.75 Å². The predicted octanol–water partition coefficient (Wildman–Crippen LogP) is 6.08. The fraction of sp³-hybridized carbons (Fsp3) is 0.460. The van der Waals surface area contributed by atoms with Crippen LogP contribution in [0.1, 0.15) is 107 Å². The molecule has 370 valence electrons. The number of imide groups is 2. The number of hydrogen-bond acceptors (Lipinski definition) is 14. The van der Waals surface area contributed by atoms with Gasteiger partial charge in [0.25, 0.3) is 11.8 Å². The Labute approximate surface area is 418 Å². The first-order valence-electron chi connectivity index (χ1n) is 23.6. The molecular weight excluding hydrogens is 958 g/mol. The van der Waals surface area contributed by atoms with Crippen LogP contribution in [0, 0.1) is 11.3 Å². The molecule has 4 aliphatic rings. The molecular formula is C50H57Cl2N9O8S. The molecule has 0 radical (unpaired) electrons. The second kappa shape index (κ2) is 21.7. The first kappa shape index (κ1) is 50.5. The number of nitrogens with zero attached hydrogens (tertiary/aromatic N) is 7. The van der Waals surface area contributed by atoms with E-state index < -0.39 is 45.1 Å². The molecule has 4 amide bonds. The second-order valence-corrected chi connectivity index (χ2v) is 21.3. The summed E-state index contributed by atoms with van der Waals surface area (Å²) in [6, 6.07) is 19.6. The third-order valence-electron chi connectivity index (χ3n) is 13.6. The molecule has 17 nitrogen and oxygen atoms in total. The highest BCUT2D eigenvalue weighted by Gasteiger charge is 2.45. The van der Waals surface area contributed by atoms with E-state index in [1.54, 1.807) is 18.2 Å². The number of sulfonamides is 1. The van der Waals surface area contributed by atoms with Crippen LogP contribution in [0.2, 0.25) is 5.02 Å². The first-order valence-corrected chi connectivity index (χ1v) is 26.4. The van der Waals surface area contributed by atoms with Gasteiger partial charge in [-0.3, -0.25) is 39.0 Å². The Morgan fingerprint density at radius 2 is 1.53 bits per heavy atom. The third-order valence-corrected chi connectivity index (χ3v) is 14.6. The first-order chi connectivity index (χ1) is 33.5. The molecule has 1 aromatic heterocycles. The number of nitriles is 1. The fourth-order valence-corrected chi connectivity index (χ4v) is 10.4. The molecule has 70 heavy (non-hydrogen) atoms. The number of fused-ring (bicyclic) bond motifs is 1. The number of likely N-dealkylation sites (tertiary alicyclic amines) is 1. The van der Waals surface area contributed by atoms with Crippen molar-refractivity contribution in [3.63, 3.8) is 0 Å². The van der Waals surface area contributed by atoms with Crippen LogP contribution in [0.25, 0.3) is 0 Å². The number of anilines is 2. The lowest BCUT2D eigenvalue weighted by Crippen LogP contribution is -2.54. The van der Waals surface area contributed by atoms with E-state index in [1.807, 2.05) is 56.3 Å². The van der Waals surface area contributed by atoms with Crippen LogP contribution in [0.5, 0.6) is 11.5 Å². The number of nitrogens with one attached hydrogen (secondary N) is 2. The summed E-state index contributed by atoms with van der Waals surface area (Å²) in [7, 11) is -3.63. The Kier molecular flexibility index (Phi) is 15.6. The molecule has 1 unspecified atom stereocenters. The number of halogens is 2. The van der Waals surface area contributed by atoms with Crippen molar-refractivity contribution >= 4 is 68.5 Å². The normalized spacial score (nSPS) is 18.4. The van der Waals surface area contributed by atoms with Crippen molar-refractivity contribution in [2.75, 3.05) is 80.7 Å². The number of carbonyl (C=O) groups excluding carboxylic acids is 4. The number of hydrogen-bond donors (Lipinski definition) is 2. The number of aromatic nitrogens is 2. The van der Waals surface area contributed by atoms with Crippen molar-refractivity contribution in [1.82, 2.24) is 30.0 Å². The Bertz CT molecular complexity index is 2790. The van der Waals surface area contributed by atoms with Crippen LogP contribution in [0.15, 0.2) is 60.7 Å². The highest BCUT2D eigenvalue weighted by Crippen LogP contribution is 2.39. The minimum atomic E-state index is -3.63. The van der Waals surface area contributed by atoms with Gasteiger partial charge in [-0.1, -0.05) is 37.6 Å². The number of unbranched alkanes of at least 4 members (excludes halogenated alkanes) is 1. The van der Waals surface area contributed by atoms with E-state index >= 15 is 0 Å². The topological polar surface area (TPSA) is 207 Å². The molecule has 8 rings (SSSR count). The van der Waals surface area contributed by atoms with Crippen molar-refractivity contribution in [1.29, 1.82) is 5.26 Å². The molecule has 2 N–H and O–H groups in total. The lowest BCUT2D eigenvalue weighted by molar-refractivity contribution is -0.136. The Hall–Kier alpha value is -5.84. The maximum Gasteiger partial charge on any atom is 0.262 e. The van der Waals surface area contributed by atoms with Crippen LogP contribution >= 0.6 is 23.2 Å². The van der Waals surface area contributed by atoms with Crippen molar-refractivity contribution in [3.05, 3.63) is 105 Å². The third kappa shape index (κ3) is 11.7. The van der Waals surface area contributed by atoms with E-state index in [0.717, 1.165) is 112 Å². The molecule has 3 saturated heterocycles. The Morgan fingerprint density at radius 3 is 2.19 bits per heavy atom. The number of piperazine rings is 1. The summed E-state index contributed by atoms with van der Waals surface area (Å²) in [5.41, 5.74) is 4.39. The Morgan fingerprint density at radius 1 is 0.843 bits per heavy atom. The van der Waals surface area contributed by atoms with Crippen LogP contribution in [0.3, 0.4) is 0 Å². The average molecular weight is 1020 g/mol. The largest absolute Gasteiger partial charge is 0.489 e. The summed E-state index contributed by atoms with van der Waals surface area (Å²) < 4.78 is 38.8. The summed E-state index contributed by atoms with van der Waals surface area (Å²) >= 11 is 12.3. The molecule has 3 fully saturated rings. The molecule has 0 spiro atoms. The zero-order chi connectivity index (χ0) is 49.7. The van der Waals surface area contributed by atoms with Crippen molar-refractivity contribution in [2.45, 2.75) is 76.4 Å². The van der Waals surface area contributed by atoms with Crippen LogP contribution in [0.4, 0.5) is 11.6 Å². The maximum atomic E-state index is 13.4. The van der Waals surface area contributed by atoms with Gasteiger partial charge in [-0.05, 0) is 118 Å². The van der Waals surface area contributed by atoms with E-state index in [2.05, 4.69) is 40.8 Å². The summed E-state index contributed by atoms with van der Waals surface area (Å²) in [6.45, 7) is 11.5. The van der Waals surface area contributed by atoms with Crippen LogP contribution < -0.4 is 24.4 Å². The molecule has 0 aliphatic carbocycles. The van der Waals surface area contributed by atoms with E-state index in [-0.39, 0.29) is 49.4 Å². The minimum absolute atomic E-state index is 0.0191. The molecule has 4 aliphatic heterocycles. The van der Waals surface area contributed by atoms with E-state index in [1.165, 1.54) is 0 Å². The molecule has 0 saturated carbocycles. The van der Waals surface area contributed by atoms with Gasteiger partial charge in [0, 0.05) is 55.3 Å². The van der Waals surface area contributed by atoms with E-state index in [0.29, 0.717) is 33.3 Å². The number of carbonyl (C=O) groups is 4. The summed E-state index contributed by atoms with van der Waals surface area (Å²) in [5.74, 6) is -0.696. The van der Waals surface area contributed by atoms with Crippen molar-refractivity contribution in [3.8, 4) is 17.6 Å². The minimum Gasteiger partial charge on any atom is -0.489 e. The highest BCUT2D eigenvalue weighted by molar-refractivity contribution is 7.92. The predicted molar refractivity (Wildman–Crippen MR) is 265 cm³/mol. The van der Waals surface area contributed by atoms with Gasteiger partial charge >= 0.3 is 0 Å². The molecule has 3 aromatic carbocycles. The number of rotatable bonds is 18. The number of alkyl halides is 1. The van der Waals surface area contributed by atoms with Crippen LogP contribution in [-0.4, -0.2) is 134 Å². The molecule has 4 aromatic rings. The lowest BCUT2D eigenvalue weighted by Gasteiger charge is -2.36. The van der Waals surface area contributed by atoms with Crippen molar-refractivity contribution in [2.24, 2.45) is 0 Å². The van der Waals surface area contributed by atoms with Gasteiger partial charge in [-0.15, -0.1) is 11.6 Å². The summed E-state index contributed by atoms with van der Waals surface area (Å²) in [5, 5.41) is 12.4. The molecule has 0 bridgehead atoms. The zero-order valence-corrected chi connectivity index (χ0v) is 41.8. The van der Waals surface area contributed by atoms with Gasteiger partial charge in [0.05, 0.1) is 39.5 Å². The van der Waals surface area contributed by atoms with Crippen LogP contribution in [-0.2, 0) is 31.6 Å². The van der Waals surface area contributed by atoms with Gasteiger partial charge < -0.3 is 19.3 Å². The second-order valence-electron chi connectivity index (χ2n) is 18.7. The van der Waals surface area contributed by atoms with Gasteiger partial charge in [0.1, 0.15) is 31.1 Å². The Balaban J connectivity index is 0.794.